The molecule has 0 aliphatic heterocycles. The lowest BCUT2D eigenvalue weighted by molar-refractivity contribution is 0.321. The molecule has 0 saturated heterocycles. The highest BCUT2D eigenvalue weighted by Crippen LogP contribution is 2.06. The van der Waals surface area contributed by atoms with E-state index in [2.05, 4.69) is 13.2 Å². The molecule has 1 N–H and O–H groups in total. The normalized spacial score (nSPS) is 13.8. The quantitative estimate of drug-likeness (QED) is 0.507. The van der Waals surface area contributed by atoms with Crippen molar-refractivity contribution in [2.45, 2.75) is 18.6 Å². The summed E-state index contributed by atoms with van der Waals surface area (Å²) in [6.07, 6.45) is 3.78. The summed E-state index contributed by atoms with van der Waals surface area (Å²) in [6, 6.07) is 0. The Labute approximate surface area is 92.0 Å². The molecule has 0 radical (unpaired) electrons. The van der Waals surface area contributed by atoms with Crippen molar-refractivity contribution < 1.29 is 13.0 Å². The minimum Gasteiger partial charge on any atom is -0.295 e. The van der Waals surface area contributed by atoms with Gasteiger partial charge in [-0.3, -0.25) is 9.45 Å². The molecule has 0 rings (SSSR count). The summed E-state index contributed by atoms with van der Waals surface area (Å²) in [4.78, 5) is 1.86. The minimum atomic E-state index is -3.96. The summed E-state index contributed by atoms with van der Waals surface area (Å²) in [5.74, 6) is 0. The molecule has 0 aromatic carbocycles. The first-order chi connectivity index (χ1) is 6.95. The van der Waals surface area contributed by atoms with Crippen molar-refractivity contribution in [2.24, 2.45) is 0 Å². The van der Waals surface area contributed by atoms with E-state index in [0.29, 0.717) is 26.1 Å². The first-order valence-electron chi connectivity index (χ1n) is 4.86. The van der Waals surface area contributed by atoms with Crippen LogP contribution in [0.5, 0.6) is 0 Å². The molecule has 0 aliphatic carbocycles. The average Bonchev–Trinajstić information content (AvgIpc) is 2.12. The Morgan fingerprint density at radius 2 is 1.80 bits per heavy atom. The van der Waals surface area contributed by atoms with E-state index in [4.69, 9.17) is 4.55 Å². The molecule has 0 fully saturated rings. The Bertz CT molecular complexity index is 288. The van der Waals surface area contributed by atoms with Crippen LogP contribution in [0.15, 0.2) is 25.3 Å². The third-order valence-electron chi connectivity index (χ3n) is 2.11. The zero-order valence-electron chi connectivity index (χ0n) is 9.09. The Morgan fingerprint density at radius 3 is 2.07 bits per heavy atom. The van der Waals surface area contributed by atoms with Gasteiger partial charge in [0.15, 0.2) is 0 Å². The largest absolute Gasteiger partial charge is 0.295 e. The van der Waals surface area contributed by atoms with Crippen molar-refractivity contribution in [3.63, 3.8) is 0 Å². The average molecular weight is 233 g/mol. The predicted octanol–water partition coefficient (Wildman–Crippen LogP) is 1.33. The van der Waals surface area contributed by atoms with Gasteiger partial charge < -0.3 is 0 Å². The number of rotatable bonds is 8. The van der Waals surface area contributed by atoms with Gasteiger partial charge in [0.1, 0.15) is 0 Å². The SMILES string of the molecule is C=CCN(CC=C)CC(CC)S(=O)(=O)O. The second kappa shape index (κ2) is 6.76. The van der Waals surface area contributed by atoms with E-state index in [1.807, 2.05) is 4.90 Å². The van der Waals surface area contributed by atoms with Crippen molar-refractivity contribution in [3.8, 4) is 0 Å². The topological polar surface area (TPSA) is 57.6 Å². The molecule has 0 amide bonds. The lowest BCUT2D eigenvalue weighted by Crippen LogP contribution is -2.36. The van der Waals surface area contributed by atoms with E-state index in [0.717, 1.165) is 0 Å². The molecule has 0 spiro atoms. The maximum atomic E-state index is 11.0. The fourth-order valence-electron chi connectivity index (χ4n) is 1.31. The number of hydrogen-bond donors (Lipinski definition) is 1. The van der Waals surface area contributed by atoms with E-state index in [-0.39, 0.29) is 0 Å². The molecule has 5 heteroatoms. The van der Waals surface area contributed by atoms with Crippen LogP contribution in [-0.4, -0.2) is 42.8 Å². The predicted molar refractivity (Wildman–Crippen MR) is 62.5 cm³/mol. The lowest BCUT2D eigenvalue weighted by Gasteiger charge is -2.22. The van der Waals surface area contributed by atoms with Gasteiger partial charge >= 0.3 is 0 Å². The zero-order chi connectivity index (χ0) is 11.9. The first-order valence-corrected chi connectivity index (χ1v) is 6.36. The van der Waals surface area contributed by atoms with Crippen molar-refractivity contribution in [1.82, 2.24) is 4.90 Å². The highest BCUT2D eigenvalue weighted by molar-refractivity contribution is 7.86. The molecule has 15 heavy (non-hydrogen) atoms. The fraction of sp³-hybridized carbons (Fsp3) is 0.600. The summed E-state index contributed by atoms with van der Waals surface area (Å²) >= 11 is 0. The molecule has 0 bridgehead atoms. The molecular weight excluding hydrogens is 214 g/mol. The minimum absolute atomic E-state index is 0.299. The summed E-state index contributed by atoms with van der Waals surface area (Å²) in [5, 5.41) is -0.739. The van der Waals surface area contributed by atoms with Crippen molar-refractivity contribution in [2.75, 3.05) is 19.6 Å². The van der Waals surface area contributed by atoms with Crippen LogP contribution in [0.3, 0.4) is 0 Å². The molecule has 4 nitrogen and oxygen atoms in total. The van der Waals surface area contributed by atoms with Crippen molar-refractivity contribution in [1.29, 1.82) is 0 Å². The monoisotopic (exact) mass is 233 g/mol. The smallest absolute Gasteiger partial charge is 0.269 e. The van der Waals surface area contributed by atoms with E-state index in [1.165, 1.54) is 0 Å². The van der Waals surface area contributed by atoms with Gasteiger partial charge in [0, 0.05) is 19.6 Å². The van der Waals surface area contributed by atoms with Crippen LogP contribution in [0.4, 0.5) is 0 Å². The van der Waals surface area contributed by atoms with Crippen molar-refractivity contribution in [3.05, 3.63) is 25.3 Å². The first kappa shape index (κ1) is 14.3. The standard InChI is InChI=1S/C10H19NO3S/c1-4-7-11(8-5-2)9-10(6-3)15(12,13)14/h4-5,10H,1-2,6-9H2,3H3,(H,12,13,14). The molecule has 0 saturated carbocycles. The molecule has 0 aromatic rings. The van der Waals surface area contributed by atoms with E-state index < -0.39 is 15.4 Å². The van der Waals surface area contributed by atoms with Gasteiger partial charge in [-0.25, -0.2) is 0 Å². The Balaban J connectivity index is 4.47. The number of hydrogen-bond acceptors (Lipinski definition) is 3. The van der Waals surface area contributed by atoms with Gasteiger partial charge in [-0.05, 0) is 6.42 Å². The third-order valence-corrected chi connectivity index (χ3v) is 3.44. The second-order valence-electron chi connectivity index (χ2n) is 3.34. The summed E-state index contributed by atoms with van der Waals surface area (Å²) in [7, 11) is -3.96. The van der Waals surface area contributed by atoms with Crippen molar-refractivity contribution >= 4 is 10.1 Å². The summed E-state index contributed by atoms with van der Waals surface area (Å²) in [6.45, 7) is 10.4. The highest BCUT2D eigenvalue weighted by atomic mass is 32.2. The maximum absolute atomic E-state index is 11.0. The lowest BCUT2D eigenvalue weighted by atomic mass is 10.3. The molecular formula is C10H19NO3S. The highest BCUT2D eigenvalue weighted by Gasteiger charge is 2.22. The van der Waals surface area contributed by atoms with E-state index >= 15 is 0 Å². The van der Waals surface area contributed by atoms with Crippen LogP contribution in [0.25, 0.3) is 0 Å². The van der Waals surface area contributed by atoms with Gasteiger partial charge in [-0.1, -0.05) is 19.1 Å². The van der Waals surface area contributed by atoms with Gasteiger partial charge in [0.2, 0.25) is 0 Å². The van der Waals surface area contributed by atoms with Crippen LogP contribution in [0, 0.1) is 0 Å². The van der Waals surface area contributed by atoms with Crippen LogP contribution >= 0.6 is 0 Å². The molecule has 1 unspecified atom stereocenters. The fourth-order valence-corrected chi connectivity index (χ4v) is 2.13. The molecule has 0 aromatic heterocycles. The Kier molecular flexibility index (Phi) is 6.47. The van der Waals surface area contributed by atoms with Crippen LogP contribution in [-0.2, 0) is 10.1 Å². The third kappa shape index (κ3) is 5.71. The summed E-state index contributed by atoms with van der Waals surface area (Å²) in [5.41, 5.74) is 0. The zero-order valence-corrected chi connectivity index (χ0v) is 9.91. The van der Waals surface area contributed by atoms with E-state index in [1.54, 1.807) is 19.1 Å². The van der Waals surface area contributed by atoms with Gasteiger partial charge in [0.05, 0.1) is 5.25 Å². The van der Waals surface area contributed by atoms with E-state index in [9.17, 15) is 8.42 Å². The number of nitrogens with zero attached hydrogens (tertiary/aromatic N) is 1. The summed E-state index contributed by atoms with van der Waals surface area (Å²) < 4.78 is 30.9. The molecule has 88 valence electrons. The Morgan fingerprint density at radius 1 is 1.33 bits per heavy atom. The van der Waals surface area contributed by atoms with Crippen LogP contribution in [0.1, 0.15) is 13.3 Å². The molecule has 0 aliphatic rings. The molecule has 0 heterocycles. The molecule has 1 atom stereocenters. The van der Waals surface area contributed by atoms with Crippen LogP contribution in [0.2, 0.25) is 0 Å². The van der Waals surface area contributed by atoms with Gasteiger partial charge in [0.25, 0.3) is 10.1 Å². The maximum Gasteiger partial charge on any atom is 0.269 e. The van der Waals surface area contributed by atoms with Gasteiger partial charge in [-0.15, -0.1) is 13.2 Å². The van der Waals surface area contributed by atoms with Crippen LogP contribution < -0.4 is 0 Å². The van der Waals surface area contributed by atoms with Gasteiger partial charge in [-0.2, -0.15) is 8.42 Å². The Hall–Kier alpha value is -0.650. The second-order valence-corrected chi connectivity index (χ2v) is 5.04.